The van der Waals surface area contributed by atoms with Crippen molar-refractivity contribution in [3.63, 3.8) is 0 Å². The van der Waals surface area contributed by atoms with E-state index in [1.54, 1.807) is 24.3 Å². The fourth-order valence-corrected chi connectivity index (χ4v) is 3.04. The Balaban J connectivity index is 2.16. The highest BCUT2D eigenvalue weighted by atomic mass is 32.2. The molecule has 0 N–H and O–H groups in total. The molecule has 21 heavy (non-hydrogen) atoms. The molecule has 1 atom stereocenters. The predicted octanol–water partition coefficient (Wildman–Crippen LogP) is 2.68. The number of carbonyl (C=O) groups is 1. The van der Waals surface area contributed by atoms with Crippen LogP contribution in [0.15, 0.2) is 24.3 Å². The van der Waals surface area contributed by atoms with E-state index in [1.807, 2.05) is 0 Å². The van der Waals surface area contributed by atoms with Gasteiger partial charge in [-0.2, -0.15) is 8.42 Å². The molecule has 1 fully saturated rings. The number of carbonyl (C=O) groups excluding carboxylic acids is 1. The molecule has 0 spiro atoms. The average molecular weight is 312 g/mol. The Labute approximate surface area is 125 Å². The largest absolute Gasteiger partial charge is 0.465 e. The zero-order valence-electron chi connectivity index (χ0n) is 12.2. The fourth-order valence-electron chi connectivity index (χ4n) is 2.42. The zero-order chi connectivity index (χ0) is 15.5. The SMILES string of the molecule is COC(=O)c1ccc(C(CC2CCC2)OS(C)(=O)=O)cc1. The molecule has 116 valence electrons. The van der Waals surface area contributed by atoms with Gasteiger partial charge in [-0.05, 0) is 30.0 Å². The molecule has 1 saturated carbocycles. The van der Waals surface area contributed by atoms with E-state index < -0.39 is 22.2 Å². The van der Waals surface area contributed by atoms with Crippen LogP contribution in [0.5, 0.6) is 0 Å². The Morgan fingerprint density at radius 3 is 2.33 bits per heavy atom. The maximum Gasteiger partial charge on any atom is 0.337 e. The van der Waals surface area contributed by atoms with Crippen molar-refractivity contribution >= 4 is 16.1 Å². The van der Waals surface area contributed by atoms with Gasteiger partial charge in [-0.15, -0.1) is 0 Å². The van der Waals surface area contributed by atoms with E-state index in [1.165, 1.54) is 13.5 Å². The Morgan fingerprint density at radius 2 is 1.90 bits per heavy atom. The third kappa shape index (κ3) is 4.54. The second kappa shape index (κ2) is 6.58. The lowest BCUT2D eigenvalue weighted by Crippen LogP contribution is -2.19. The highest BCUT2D eigenvalue weighted by Gasteiger charge is 2.26. The molecule has 1 unspecified atom stereocenters. The summed E-state index contributed by atoms with van der Waals surface area (Å²) in [6.45, 7) is 0. The minimum Gasteiger partial charge on any atom is -0.465 e. The Bertz CT molecular complexity index is 587. The van der Waals surface area contributed by atoms with E-state index in [9.17, 15) is 13.2 Å². The quantitative estimate of drug-likeness (QED) is 0.596. The molecule has 6 heteroatoms. The molecule has 1 aromatic rings. The van der Waals surface area contributed by atoms with Gasteiger partial charge in [-0.1, -0.05) is 31.4 Å². The van der Waals surface area contributed by atoms with E-state index in [2.05, 4.69) is 4.74 Å². The van der Waals surface area contributed by atoms with Crippen molar-refractivity contribution in [3.8, 4) is 0 Å². The third-order valence-electron chi connectivity index (χ3n) is 3.77. The summed E-state index contributed by atoms with van der Waals surface area (Å²) in [6, 6.07) is 6.70. The van der Waals surface area contributed by atoms with Crippen molar-refractivity contribution in [2.45, 2.75) is 31.8 Å². The topological polar surface area (TPSA) is 69.7 Å². The number of hydrogen-bond acceptors (Lipinski definition) is 5. The van der Waals surface area contributed by atoms with Crippen LogP contribution in [-0.4, -0.2) is 27.8 Å². The summed E-state index contributed by atoms with van der Waals surface area (Å²) in [6.07, 6.45) is 4.68. The number of hydrogen-bond donors (Lipinski definition) is 0. The van der Waals surface area contributed by atoms with Crippen molar-refractivity contribution in [2.75, 3.05) is 13.4 Å². The summed E-state index contributed by atoms with van der Waals surface area (Å²) in [5, 5.41) is 0. The molecule has 0 radical (unpaired) electrons. The minimum absolute atomic E-state index is 0.416. The molecule has 0 amide bonds. The highest BCUT2D eigenvalue weighted by molar-refractivity contribution is 7.86. The molecule has 0 bridgehead atoms. The molecular weight excluding hydrogens is 292 g/mol. The van der Waals surface area contributed by atoms with Crippen LogP contribution in [0.1, 0.15) is 47.7 Å². The molecule has 5 nitrogen and oxygen atoms in total. The number of rotatable bonds is 6. The standard InChI is InChI=1S/C15H20O5S/c1-19-15(16)13-8-6-12(7-9-13)14(20-21(2,17)18)10-11-4-3-5-11/h6-9,11,14H,3-5,10H2,1-2H3. The molecule has 1 aliphatic carbocycles. The van der Waals surface area contributed by atoms with Crippen molar-refractivity contribution in [3.05, 3.63) is 35.4 Å². The fraction of sp³-hybridized carbons (Fsp3) is 0.533. The van der Waals surface area contributed by atoms with Crippen LogP contribution in [0.4, 0.5) is 0 Å². The average Bonchev–Trinajstić information content (AvgIpc) is 2.39. The highest BCUT2D eigenvalue weighted by Crippen LogP contribution is 2.37. The third-order valence-corrected chi connectivity index (χ3v) is 4.35. The smallest absolute Gasteiger partial charge is 0.337 e. The van der Waals surface area contributed by atoms with E-state index in [4.69, 9.17) is 4.18 Å². The maximum atomic E-state index is 11.4. The monoisotopic (exact) mass is 312 g/mol. The van der Waals surface area contributed by atoms with Crippen LogP contribution in [0.25, 0.3) is 0 Å². The molecule has 1 aliphatic rings. The zero-order valence-corrected chi connectivity index (χ0v) is 13.1. The van der Waals surface area contributed by atoms with Crippen LogP contribution >= 0.6 is 0 Å². The van der Waals surface area contributed by atoms with Crippen LogP contribution in [-0.2, 0) is 19.0 Å². The normalized spacial score (nSPS) is 17.0. The van der Waals surface area contributed by atoms with Crippen LogP contribution in [0, 0.1) is 5.92 Å². The van der Waals surface area contributed by atoms with Gasteiger partial charge in [0.1, 0.15) is 6.10 Å². The van der Waals surface area contributed by atoms with Gasteiger partial charge in [0, 0.05) is 0 Å². The van der Waals surface area contributed by atoms with Gasteiger partial charge in [0.2, 0.25) is 0 Å². The lowest BCUT2D eigenvalue weighted by atomic mass is 9.80. The van der Waals surface area contributed by atoms with Crippen LogP contribution in [0.3, 0.4) is 0 Å². The van der Waals surface area contributed by atoms with Gasteiger partial charge in [0.05, 0.1) is 18.9 Å². The number of ether oxygens (including phenoxy) is 1. The first kappa shape index (κ1) is 16.0. The number of esters is 1. The second-order valence-corrected chi connectivity index (χ2v) is 7.04. The minimum atomic E-state index is -3.52. The van der Waals surface area contributed by atoms with E-state index in [0.29, 0.717) is 17.9 Å². The van der Waals surface area contributed by atoms with Gasteiger partial charge in [0.25, 0.3) is 10.1 Å². The van der Waals surface area contributed by atoms with Crippen LogP contribution < -0.4 is 0 Å². The molecular formula is C15H20O5S. The molecule has 0 heterocycles. The van der Waals surface area contributed by atoms with E-state index in [-0.39, 0.29) is 0 Å². The number of methoxy groups -OCH3 is 1. The summed E-state index contributed by atoms with van der Waals surface area (Å²) in [4.78, 5) is 11.4. The summed E-state index contributed by atoms with van der Waals surface area (Å²) >= 11 is 0. The molecule has 2 rings (SSSR count). The van der Waals surface area contributed by atoms with Gasteiger partial charge in [-0.25, -0.2) is 4.79 Å². The Hall–Kier alpha value is -1.40. The molecule has 1 aromatic carbocycles. The first-order chi connectivity index (χ1) is 9.89. The van der Waals surface area contributed by atoms with Crippen molar-refractivity contribution in [2.24, 2.45) is 5.92 Å². The van der Waals surface area contributed by atoms with Gasteiger partial charge in [-0.3, -0.25) is 4.18 Å². The maximum absolute atomic E-state index is 11.4. The summed E-state index contributed by atoms with van der Waals surface area (Å²) < 4.78 is 32.7. The van der Waals surface area contributed by atoms with Crippen LogP contribution in [0.2, 0.25) is 0 Å². The summed E-state index contributed by atoms with van der Waals surface area (Å²) in [5.41, 5.74) is 1.20. The lowest BCUT2D eigenvalue weighted by molar-refractivity contribution is 0.0600. The molecule has 0 aliphatic heterocycles. The first-order valence-electron chi connectivity index (χ1n) is 6.95. The van der Waals surface area contributed by atoms with Crippen molar-refractivity contribution in [1.29, 1.82) is 0 Å². The summed E-state index contributed by atoms with van der Waals surface area (Å²) in [7, 11) is -2.20. The molecule has 0 aromatic heterocycles. The lowest BCUT2D eigenvalue weighted by Gasteiger charge is -2.29. The van der Waals surface area contributed by atoms with Gasteiger partial charge < -0.3 is 4.74 Å². The Morgan fingerprint density at radius 1 is 1.29 bits per heavy atom. The van der Waals surface area contributed by atoms with Gasteiger partial charge in [0.15, 0.2) is 0 Å². The van der Waals surface area contributed by atoms with Crippen molar-refractivity contribution < 1.29 is 22.1 Å². The molecule has 0 saturated heterocycles. The van der Waals surface area contributed by atoms with Gasteiger partial charge >= 0.3 is 5.97 Å². The predicted molar refractivity (Wildman–Crippen MR) is 78.4 cm³/mol. The number of benzene rings is 1. The van der Waals surface area contributed by atoms with Crippen molar-refractivity contribution in [1.82, 2.24) is 0 Å². The van der Waals surface area contributed by atoms with E-state index >= 15 is 0 Å². The Kier molecular flexibility index (Phi) is 5.00. The summed E-state index contributed by atoms with van der Waals surface area (Å²) in [5.74, 6) is 0.0955. The first-order valence-corrected chi connectivity index (χ1v) is 8.77. The van der Waals surface area contributed by atoms with E-state index in [0.717, 1.165) is 24.7 Å². The second-order valence-electron chi connectivity index (χ2n) is 5.44.